The van der Waals surface area contributed by atoms with E-state index in [1.165, 1.54) is 0 Å². The van der Waals surface area contributed by atoms with Crippen molar-refractivity contribution in [1.29, 1.82) is 0 Å². The van der Waals surface area contributed by atoms with Crippen molar-refractivity contribution >= 4 is 12.6 Å². The maximum Gasteiger partial charge on any atom is 0.528 e. The summed E-state index contributed by atoms with van der Waals surface area (Å²) < 4.78 is 11.0. The molecule has 4 nitrogen and oxygen atoms in total. The predicted octanol–water partition coefficient (Wildman–Crippen LogP) is 0.368. The fourth-order valence-corrected chi connectivity index (χ4v) is 1.13. The van der Waals surface area contributed by atoms with Crippen LogP contribution in [0.25, 0.3) is 0 Å². The molecule has 0 unspecified atom stereocenters. The van der Waals surface area contributed by atoms with Crippen LogP contribution in [0.1, 0.15) is 0 Å². The first-order chi connectivity index (χ1) is 7.09. The van der Waals surface area contributed by atoms with Crippen LogP contribution in [0.3, 0.4) is 0 Å². The van der Waals surface area contributed by atoms with Crippen LogP contribution in [-0.4, -0.2) is 45.4 Å². The third-order valence-corrected chi connectivity index (χ3v) is 1.68. The van der Waals surface area contributed by atoms with Gasteiger partial charge in [0.1, 0.15) is 0 Å². The summed E-state index contributed by atoms with van der Waals surface area (Å²) in [5.41, 5.74) is 0.986. The van der Waals surface area contributed by atoms with Crippen molar-refractivity contribution in [3.63, 3.8) is 0 Å². The molecule has 1 rings (SSSR count). The van der Waals surface area contributed by atoms with Gasteiger partial charge in [-0.3, -0.25) is 0 Å². The topological polar surface area (TPSA) is 24.9 Å². The van der Waals surface area contributed by atoms with Gasteiger partial charge in [0.25, 0.3) is 0 Å². The van der Waals surface area contributed by atoms with E-state index in [4.69, 9.17) is 9.51 Å². The zero-order valence-electron chi connectivity index (χ0n) is 9.68. The summed E-state index contributed by atoms with van der Waals surface area (Å²) in [4.78, 5) is 0. The molecular weight excluding hydrogens is 191 g/mol. The molecule has 15 heavy (non-hydrogen) atoms. The molecule has 0 bridgehead atoms. The summed E-state index contributed by atoms with van der Waals surface area (Å²) in [6.45, 7) is 0. The smallest absolute Gasteiger partial charge is 0.319 e. The quantitative estimate of drug-likeness (QED) is 0.515. The summed E-state index contributed by atoms with van der Waals surface area (Å²) >= 11 is 0. The molecule has 0 saturated heterocycles. The third kappa shape index (κ3) is 4.44. The molecule has 0 heterocycles. The molecule has 0 spiro atoms. The Kier molecular flexibility index (Phi) is 4.78. The molecule has 0 radical (unpaired) electrons. The van der Waals surface area contributed by atoms with Gasteiger partial charge in [-0.1, -0.05) is 30.3 Å². The Hall–Kier alpha value is -0.875. The number of hydrogen-bond donors (Lipinski definition) is 0. The van der Waals surface area contributed by atoms with Crippen LogP contribution in [0.15, 0.2) is 30.3 Å². The molecule has 0 fully saturated rings. The van der Waals surface area contributed by atoms with Crippen LogP contribution >= 0.6 is 0 Å². The van der Waals surface area contributed by atoms with E-state index in [0.717, 1.165) is 5.46 Å². The van der Waals surface area contributed by atoms with Crippen molar-refractivity contribution < 1.29 is 9.51 Å². The standard InChI is InChI=1S/C10H17BN2O2/c1-12(2)14-11(15-13(3)4)10-8-6-5-7-9-10/h5-9H,1-4H3. The number of hydrogen-bond acceptors (Lipinski definition) is 4. The lowest BCUT2D eigenvalue weighted by Crippen LogP contribution is -2.44. The van der Waals surface area contributed by atoms with Crippen molar-refractivity contribution in [3.05, 3.63) is 30.3 Å². The highest BCUT2D eigenvalue weighted by molar-refractivity contribution is 6.61. The molecule has 82 valence electrons. The molecule has 0 atom stereocenters. The lowest BCUT2D eigenvalue weighted by atomic mass is 9.80. The lowest BCUT2D eigenvalue weighted by molar-refractivity contribution is -0.0887. The number of benzene rings is 1. The molecule has 0 saturated carbocycles. The number of hydroxylamine groups is 4. The molecule has 1 aromatic carbocycles. The fourth-order valence-electron chi connectivity index (χ4n) is 1.13. The number of nitrogens with zero attached hydrogens (tertiary/aromatic N) is 2. The van der Waals surface area contributed by atoms with Crippen LogP contribution < -0.4 is 5.46 Å². The molecular formula is C10H17BN2O2. The Labute approximate surface area is 91.4 Å². The first kappa shape index (κ1) is 12.2. The van der Waals surface area contributed by atoms with Crippen molar-refractivity contribution in [3.8, 4) is 0 Å². The van der Waals surface area contributed by atoms with Crippen molar-refractivity contribution in [2.45, 2.75) is 0 Å². The Bertz CT molecular complexity index is 270. The van der Waals surface area contributed by atoms with E-state index >= 15 is 0 Å². The monoisotopic (exact) mass is 208 g/mol. The van der Waals surface area contributed by atoms with Gasteiger partial charge in [0.2, 0.25) is 0 Å². The zero-order valence-corrected chi connectivity index (χ0v) is 9.68. The van der Waals surface area contributed by atoms with Gasteiger partial charge in [-0.25, -0.2) is 10.1 Å². The summed E-state index contributed by atoms with van der Waals surface area (Å²) in [5.74, 6) is 0. The van der Waals surface area contributed by atoms with Gasteiger partial charge < -0.3 is 9.51 Å². The van der Waals surface area contributed by atoms with Gasteiger partial charge in [-0.15, -0.1) is 0 Å². The van der Waals surface area contributed by atoms with Crippen LogP contribution in [0.5, 0.6) is 0 Å². The Morgan fingerprint density at radius 2 is 1.33 bits per heavy atom. The minimum absolute atomic E-state index is 0.406. The Morgan fingerprint density at radius 1 is 0.867 bits per heavy atom. The second kappa shape index (κ2) is 5.87. The average molecular weight is 208 g/mol. The van der Waals surface area contributed by atoms with Gasteiger partial charge in [-0.05, 0) is 5.46 Å². The van der Waals surface area contributed by atoms with Gasteiger partial charge >= 0.3 is 7.12 Å². The van der Waals surface area contributed by atoms with E-state index < -0.39 is 7.12 Å². The molecule has 1 aromatic rings. The van der Waals surface area contributed by atoms with Crippen molar-refractivity contribution in [2.75, 3.05) is 28.2 Å². The van der Waals surface area contributed by atoms with Crippen molar-refractivity contribution in [2.24, 2.45) is 0 Å². The summed E-state index contributed by atoms with van der Waals surface area (Å²) in [6.07, 6.45) is 0. The van der Waals surface area contributed by atoms with E-state index in [1.54, 1.807) is 10.1 Å². The minimum Gasteiger partial charge on any atom is -0.319 e. The summed E-state index contributed by atoms with van der Waals surface area (Å²) in [6, 6.07) is 9.82. The predicted molar refractivity (Wildman–Crippen MR) is 61.4 cm³/mol. The van der Waals surface area contributed by atoms with E-state index in [2.05, 4.69) is 0 Å². The Balaban J connectivity index is 2.72. The third-order valence-electron chi connectivity index (χ3n) is 1.68. The highest BCUT2D eigenvalue weighted by Gasteiger charge is 2.24. The summed E-state index contributed by atoms with van der Waals surface area (Å²) in [7, 11) is 6.91. The summed E-state index contributed by atoms with van der Waals surface area (Å²) in [5, 5.41) is 3.25. The SMILES string of the molecule is CN(C)OB(ON(C)C)c1ccccc1. The van der Waals surface area contributed by atoms with E-state index in [1.807, 2.05) is 58.5 Å². The normalized spacial score (nSPS) is 11.1. The van der Waals surface area contributed by atoms with Crippen molar-refractivity contribution in [1.82, 2.24) is 10.1 Å². The molecule has 0 aromatic heterocycles. The largest absolute Gasteiger partial charge is 0.528 e. The first-order valence-corrected chi connectivity index (χ1v) is 4.82. The van der Waals surface area contributed by atoms with Gasteiger partial charge in [-0.2, -0.15) is 0 Å². The van der Waals surface area contributed by atoms with E-state index in [-0.39, 0.29) is 0 Å². The molecule has 5 heteroatoms. The van der Waals surface area contributed by atoms with Gasteiger partial charge in [0.05, 0.1) is 0 Å². The molecule has 0 aliphatic heterocycles. The first-order valence-electron chi connectivity index (χ1n) is 4.82. The maximum atomic E-state index is 5.52. The Morgan fingerprint density at radius 3 is 1.73 bits per heavy atom. The lowest BCUT2D eigenvalue weighted by Gasteiger charge is -2.21. The van der Waals surface area contributed by atoms with Gasteiger partial charge in [0.15, 0.2) is 0 Å². The highest BCUT2D eigenvalue weighted by Crippen LogP contribution is 1.96. The molecule has 0 N–H and O–H groups in total. The molecule has 0 aliphatic rings. The minimum atomic E-state index is -0.406. The van der Waals surface area contributed by atoms with Crippen LogP contribution in [0, 0.1) is 0 Å². The molecule has 0 amide bonds. The highest BCUT2D eigenvalue weighted by atomic mass is 16.8. The number of rotatable bonds is 5. The molecule has 0 aliphatic carbocycles. The second-order valence-electron chi connectivity index (χ2n) is 3.58. The maximum absolute atomic E-state index is 5.52. The van der Waals surface area contributed by atoms with Gasteiger partial charge in [0, 0.05) is 28.2 Å². The average Bonchev–Trinajstić information content (AvgIpc) is 2.17. The van der Waals surface area contributed by atoms with Crippen LogP contribution in [0.2, 0.25) is 0 Å². The van der Waals surface area contributed by atoms with E-state index in [9.17, 15) is 0 Å². The fraction of sp³-hybridized carbons (Fsp3) is 0.400. The van der Waals surface area contributed by atoms with Crippen LogP contribution in [-0.2, 0) is 9.51 Å². The van der Waals surface area contributed by atoms with E-state index in [0.29, 0.717) is 0 Å². The van der Waals surface area contributed by atoms with Crippen LogP contribution in [0.4, 0.5) is 0 Å². The zero-order chi connectivity index (χ0) is 11.3. The second-order valence-corrected chi connectivity index (χ2v) is 3.58.